The second-order valence-electron chi connectivity index (χ2n) is 6.77. The molecule has 0 fully saturated rings. The zero-order valence-electron chi connectivity index (χ0n) is 16.3. The highest BCUT2D eigenvalue weighted by molar-refractivity contribution is 9.10. The molecule has 0 aromatic heterocycles. The maximum absolute atomic E-state index is 12.4. The number of hydrogen-bond donors (Lipinski definition) is 1. The van der Waals surface area contributed by atoms with Gasteiger partial charge in [0.15, 0.2) is 5.78 Å². The summed E-state index contributed by atoms with van der Waals surface area (Å²) in [6.07, 6.45) is 0. The fraction of sp³-hybridized carbons (Fsp3) is 0.182. The summed E-state index contributed by atoms with van der Waals surface area (Å²) in [4.78, 5) is 23.0. The lowest BCUT2D eigenvalue weighted by atomic mass is 9.81. The summed E-state index contributed by atoms with van der Waals surface area (Å²) in [7, 11) is 0. The van der Waals surface area contributed by atoms with E-state index >= 15 is 0 Å². The molecule has 0 spiro atoms. The minimum absolute atomic E-state index is 0.0295. The standard InChI is InChI=1S/C22H18BrN3O3S/c1-13-20(14(2)27)21(16-6-8-17(23)9-7-16)19(11-24)22(25-13)30-12-15-4-3-5-18(10-15)26(28)29/h3-10,21,25H,12H2,1-2H3/t21-/m0/s1. The predicted molar refractivity (Wildman–Crippen MR) is 120 cm³/mol. The number of hydrogen-bond acceptors (Lipinski definition) is 6. The van der Waals surface area contributed by atoms with Crippen molar-refractivity contribution in [3.05, 3.63) is 96.1 Å². The van der Waals surface area contributed by atoms with Crippen LogP contribution in [0.3, 0.4) is 0 Å². The van der Waals surface area contributed by atoms with Crippen molar-refractivity contribution >= 4 is 39.2 Å². The molecule has 0 amide bonds. The number of nitrogens with one attached hydrogen (secondary N) is 1. The van der Waals surface area contributed by atoms with Crippen molar-refractivity contribution in [2.24, 2.45) is 0 Å². The number of rotatable bonds is 6. The average Bonchev–Trinajstić information content (AvgIpc) is 2.72. The zero-order chi connectivity index (χ0) is 21.8. The fourth-order valence-corrected chi connectivity index (χ4v) is 4.70. The van der Waals surface area contributed by atoms with Gasteiger partial charge in [-0.2, -0.15) is 5.26 Å². The Morgan fingerprint density at radius 2 is 2.00 bits per heavy atom. The summed E-state index contributed by atoms with van der Waals surface area (Å²) < 4.78 is 0.910. The van der Waals surface area contributed by atoms with E-state index in [0.717, 1.165) is 15.6 Å². The van der Waals surface area contributed by atoms with Gasteiger partial charge in [0, 0.05) is 33.6 Å². The SMILES string of the molecule is CC(=O)C1=C(C)NC(SCc2cccc([N+](=O)[O-])c2)=C(C#N)[C@@H]1c1ccc(Br)cc1. The summed E-state index contributed by atoms with van der Waals surface area (Å²) >= 11 is 4.81. The lowest BCUT2D eigenvalue weighted by Gasteiger charge is -2.29. The van der Waals surface area contributed by atoms with E-state index in [-0.39, 0.29) is 11.5 Å². The van der Waals surface area contributed by atoms with Crippen LogP contribution >= 0.6 is 27.7 Å². The van der Waals surface area contributed by atoms with Gasteiger partial charge in [0.05, 0.1) is 27.5 Å². The maximum Gasteiger partial charge on any atom is 0.269 e. The lowest BCUT2D eigenvalue weighted by molar-refractivity contribution is -0.384. The van der Waals surface area contributed by atoms with Gasteiger partial charge in [-0.1, -0.05) is 40.2 Å². The summed E-state index contributed by atoms with van der Waals surface area (Å²) in [6, 6.07) is 16.3. The Morgan fingerprint density at radius 1 is 1.30 bits per heavy atom. The summed E-state index contributed by atoms with van der Waals surface area (Å²) in [6.45, 7) is 3.33. The maximum atomic E-state index is 12.4. The number of nitrogens with zero attached hydrogens (tertiary/aromatic N) is 2. The van der Waals surface area contributed by atoms with Crippen LogP contribution in [0.4, 0.5) is 5.69 Å². The molecule has 1 aliphatic heterocycles. The highest BCUT2D eigenvalue weighted by atomic mass is 79.9. The summed E-state index contributed by atoms with van der Waals surface area (Å²) in [5.74, 6) is -0.108. The lowest BCUT2D eigenvalue weighted by Crippen LogP contribution is -2.27. The van der Waals surface area contributed by atoms with Gasteiger partial charge < -0.3 is 5.32 Å². The number of ketones is 1. The van der Waals surface area contributed by atoms with Crippen LogP contribution in [0.1, 0.15) is 30.9 Å². The molecule has 0 aliphatic carbocycles. The third-order valence-corrected chi connectivity index (χ3v) is 6.35. The molecule has 0 saturated heterocycles. The van der Waals surface area contributed by atoms with E-state index in [2.05, 4.69) is 27.3 Å². The van der Waals surface area contributed by atoms with Crippen molar-refractivity contribution in [3.8, 4) is 6.07 Å². The summed E-state index contributed by atoms with van der Waals surface area (Å²) in [5, 5.41) is 24.8. The Hall–Kier alpha value is -2.89. The number of non-ortho nitro benzene ring substituents is 1. The number of dihydropyridines is 1. The number of nitro groups is 1. The van der Waals surface area contributed by atoms with Crippen molar-refractivity contribution in [3.63, 3.8) is 0 Å². The monoisotopic (exact) mass is 483 g/mol. The molecule has 1 heterocycles. The van der Waals surface area contributed by atoms with Gasteiger partial charge in [-0.25, -0.2) is 0 Å². The molecular weight excluding hydrogens is 466 g/mol. The third kappa shape index (κ3) is 4.64. The van der Waals surface area contributed by atoms with Crippen LogP contribution in [0.25, 0.3) is 0 Å². The van der Waals surface area contributed by atoms with Gasteiger partial charge in [0.25, 0.3) is 5.69 Å². The first-order valence-electron chi connectivity index (χ1n) is 9.06. The number of thioether (sulfide) groups is 1. The molecule has 1 aliphatic rings. The summed E-state index contributed by atoms with van der Waals surface area (Å²) in [5.41, 5.74) is 3.39. The van der Waals surface area contributed by atoms with Crippen LogP contribution in [0.2, 0.25) is 0 Å². The number of carbonyl (C=O) groups is 1. The molecule has 152 valence electrons. The average molecular weight is 484 g/mol. The number of benzene rings is 2. The topological polar surface area (TPSA) is 96.0 Å². The van der Waals surface area contributed by atoms with E-state index in [0.29, 0.717) is 27.6 Å². The third-order valence-electron chi connectivity index (χ3n) is 4.73. The largest absolute Gasteiger partial charge is 0.353 e. The molecule has 0 radical (unpaired) electrons. The van der Waals surface area contributed by atoms with Gasteiger partial charge in [-0.05, 0) is 37.1 Å². The first-order valence-corrected chi connectivity index (χ1v) is 10.8. The minimum atomic E-state index is -0.463. The molecule has 2 aromatic rings. The second-order valence-corrected chi connectivity index (χ2v) is 8.68. The van der Waals surface area contributed by atoms with Crippen LogP contribution < -0.4 is 5.32 Å². The Kier molecular flexibility index (Phi) is 6.75. The van der Waals surface area contributed by atoms with Gasteiger partial charge in [0.1, 0.15) is 0 Å². The van der Waals surface area contributed by atoms with E-state index in [1.54, 1.807) is 6.07 Å². The van der Waals surface area contributed by atoms with Crippen LogP contribution in [0.5, 0.6) is 0 Å². The molecule has 2 aromatic carbocycles. The van der Waals surface area contributed by atoms with Crippen molar-refractivity contribution < 1.29 is 9.72 Å². The molecule has 3 rings (SSSR count). The smallest absolute Gasteiger partial charge is 0.269 e. The van der Waals surface area contributed by atoms with Gasteiger partial charge in [0.2, 0.25) is 0 Å². The van der Waals surface area contributed by atoms with E-state index in [1.165, 1.54) is 30.8 Å². The Bertz CT molecular complexity index is 1120. The molecule has 0 bridgehead atoms. The van der Waals surface area contributed by atoms with Crippen LogP contribution in [-0.4, -0.2) is 10.7 Å². The molecule has 1 N–H and O–H groups in total. The Labute approximate surface area is 187 Å². The quantitative estimate of drug-likeness (QED) is 0.425. The molecule has 0 saturated carbocycles. The van der Waals surface area contributed by atoms with Gasteiger partial charge in [-0.3, -0.25) is 14.9 Å². The number of Topliss-reactive ketones (excluding diaryl/α,β-unsaturated/α-hetero) is 1. The van der Waals surface area contributed by atoms with E-state index in [9.17, 15) is 20.2 Å². The highest BCUT2D eigenvalue weighted by Gasteiger charge is 2.33. The normalized spacial score (nSPS) is 16.1. The number of carbonyl (C=O) groups excluding carboxylic acids is 1. The molecule has 6 nitrogen and oxygen atoms in total. The van der Waals surface area contributed by atoms with Crippen molar-refractivity contribution in [1.82, 2.24) is 5.32 Å². The number of nitriles is 1. The predicted octanol–water partition coefficient (Wildman–Crippen LogP) is 5.58. The molecule has 1 atom stereocenters. The van der Waals surface area contributed by atoms with Crippen LogP contribution in [0.15, 0.2) is 74.9 Å². The first kappa shape index (κ1) is 21.8. The van der Waals surface area contributed by atoms with E-state index < -0.39 is 10.8 Å². The van der Waals surface area contributed by atoms with Crippen LogP contribution in [0, 0.1) is 21.4 Å². The first-order chi connectivity index (χ1) is 14.3. The minimum Gasteiger partial charge on any atom is -0.353 e. The Balaban J connectivity index is 1.98. The second kappa shape index (κ2) is 9.28. The van der Waals surface area contributed by atoms with Crippen molar-refractivity contribution in [1.29, 1.82) is 5.26 Å². The van der Waals surface area contributed by atoms with E-state index in [4.69, 9.17) is 0 Å². The van der Waals surface area contributed by atoms with Gasteiger partial charge in [-0.15, -0.1) is 11.8 Å². The molecule has 30 heavy (non-hydrogen) atoms. The van der Waals surface area contributed by atoms with Crippen molar-refractivity contribution in [2.45, 2.75) is 25.5 Å². The zero-order valence-corrected chi connectivity index (χ0v) is 18.7. The van der Waals surface area contributed by atoms with Gasteiger partial charge >= 0.3 is 0 Å². The fourth-order valence-electron chi connectivity index (χ4n) is 3.40. The highest BCUT2D eigenvalue weighted by Crippen LogP contribution is 2.41. The van der Waals surface area contributed by atoms with Crippen molar-refractivity contribution in [2.75, 3.05) is 0 Å². The molecular formula is C22H18BrN3O3S. The Morgan fingerprint density at radius 3 is 2.60 bits per heavy atom. The van der Waals surface area contributed by atoms with E-state index in [1.807, 2.05) is 37.3 Å². The molecule has 0 unspecified atom stereocenters. The van der Waals surface area contributed by atoms with Crippen LogP contribution in [-0.2, 0) is 10.5 Å². The molecule has 8 heteroatoms. The number of nitro benzene ring substituents is 1. The number of allylic oxidation sites excluding steroid dienone is 3. The number of halogens is 1.